The van der Waals surface area contributed by atoms with Crippen LogP contribution in [0.15, 0.2) is 0 Å². The Kier molecular flexibility index (Phi) is 2.12. The Bertz CT molecular complexity index is 129. The third kappa shape index (κ3) is 3.91. The number of nitrogens with two attached hydrogens (primary N) is 1. The molecular formula is C2H7NO2S. The Morgan fingerprint density at radius 2 is 2.33 bits per heavy atom. The van der Waals surface area contributed by atoms with Crippen LogP contribution in [0.3, 0.4) is 0 Å². The maximum atomic E-state index is 9.82. The Morgan fingerprint density at radius 1 is 1.83 bits per heavy atom. The van der Waals surface area contributed by atoms with Gasteiger partial charge < -0.3 is 5.73 Å². The summed E-state index contributed by atoms with van der Waals surface area (Å²) in [5, 5.41) is 0. The topological polar surface area (TPSA) is 60.2 Å². The molecule has 6 heavy (non-hydrogen) atoms. The molecule has 2 N–H and O–H groups in total. The van der Waals surface area contributed by atoms with Crippen LogP contribution in [0.25, 0.3) is 0 Å². The van der Waals surface area contributed by atoms with E-state index in [1.165, 1.54) is 0 Å². The molecule has 0 saturated heterocycles. The minimum Gasteiger partial charge on any atom is -0.329 e. The van der Waals surface area contributed by atoms with E-state index in [9.17, 15) is 8.42 Å². The van der Waals surface area contributed by atoms with E-state index in [2.05, 4.69) is 0 Å². The average molecular weight is 110 g/mol. The fraction of sp³-hybridized carbons (Fsp3) is 1.00. The maximum absolute atomic E-state index is 9.82. The lowest BCUT2D eigenvalue weighted by molar-refractivity contribution is 0.614. The lowest BCUT2D eigenvalue weighted by Gasteiger charge is -1.73. The highest BCUT2D eigenvalue weighted by Gasteiger charge is 1.75. The fourth-order valence-electron chi connectivity index (χ4n) is 0.0962. The zero-order valence-electron chi connectivity index (χ0n) is 4.22. The van der Waals surface area contributed by atoms with E-state index < -0.39 is 10.6 Å². The van der Waals surface area contributed by atoms with E-state index in [1.807, 2.05) is 0 Å². The molecular weight excluding hydrogens is 102 g/mol. The smallest absolute Gasteiger partial charge is 0.174 e. The van der Waals surface area contributed by atoms with Crippen molar-refractivity contribution in [3.05, 3.63) is 0 Å². The van der Waals surface area contributed by atoms with Crippen LogP contribution in [0.1, 0.15) is 0 Å². The fourth-order valence-corrected chi connectivity index (χ4v) is 0.289. The first-order valence-corrected chi connectivity index (χ1v) is 2.77. The number of thiol groups is 1. The molecule has 0 atom stereocenters. The SMILES string of the molecule is [2H]S(=O)(=O)CCN. The summed E-state index contributed by atoms with van der Waals surface area (Å²) >= 11 is 0. The van der Waals surface area contributed by atoms with Gasteiger partial charge in [-0.2, -0.15) is 0 Å². The first-order valence-electron chi connectivity index (χ1n) is 1.94. The van der Waals surface area contributed by atoms with E-state index in [-0.39, 0.29) is 12.3 Å². The van der Waals surface area contributed by atoms with Gasteiger partial charge in [-0.05, 0) is 0 Å². The van der Waals surface area contributed by atoms with Gasteiger partial charge in [0, 0.05) is 6.54 Å². The van der Waals surface area contributed by atoms with E-state index in [0.29, 0.717) is 0 Å². The molecule has 0 bridgehead atoms. The zero-order chi connectivity index (χ0) is 5.91. The lowest BCUT2D eigenvalue weighted by atomic mass is 10.8. The Morgan fingerprint density at radius 3 is 2.33 bits per heavy atom. The summed E-state index contributed by atoms with van der Waals surface area (Å²) in [6.07, 6.45) is 0. The Hall–Kier alpha value is -0.0900. The van der Waals surface area contributed by atoms with Gasteiger partial charge in [-0.15, -0.1) is 0 Å². The number of hydrogen-bond donors (Lipinski definition) is 2. The minimum absolute atomic E-state index is 0.0336. The van der Waals surface area contributed by atoms with Gasteiger partial charge in [0.1, 0.15) is 10.6 Å². The molecule has 3 nitrogen and oxygen atoms in total. The van der Waals surface area contributed by atoms with Crippen LogP contribution in [0.2, 0.25) is 0 Å². The molecule has 0 aromatic rings. The van der Waals surface area contributed by atoms with Gasteiger partial charge in [-0.25, -0.2) is 8.42 Å². The van der Waals surface area contributed by atoms with Crippen molar-refractivity contribution >= 4 is 10.6 Å². The lowest BCUT2D eigenvalue weighted by Crippen LogP contribution is -2.04. The summed E-state index contributed by atoms with van der Waals surface area (Å²) in [7, 11) is -3.55. The quantitative estimate of drug-likeness (QED) is 0.428. The van der Waals surface area contributed by atoms with E-state index >= 15 is 0 Å². The first kappa shape index (κ1) is 4.08. The molecule has 0 heterocycles. The van der Waals surface area contributed by atoms with Gasteiger partial charge in [0.15, 0.2) is 1.12 Å². The van der Waals surface area contributed by atoms with Crippen LogP contribution < -0.4 is 5.73 Å². The van der Waals surface area contributed by atoms with Gasteiger partial charge in [-0.3, -0.25) is 0 Å². The normalized spacial score (nSPS) is 13.8. The Balaban J connectivity index is 3.60. The van der Waals surface area contributed by atoms with Crippen molar-refractivity contribution < 1.29 is 8.42 Å². The van der Waals surface area contributed by atoms with E-state index in [0.717, 1.165) is 0 Å². The molecule has 0 aromatic carbocycles. The first-order chi connectivity index (χ1) is 3.06. The maximum Gasteiger partial charge on any atom is 0.174 e. The molecule has 0 aliphatic rings. The Labute approximate surface area is 39.2 Å². The summed E-state index contributed by atoms with van der Waals surface area (Å²) in [6, 6.07) is 0. The molecule has 0 rings (SSSR count). The van der Waals surface area contributed by atoms with Gasteiger partial charge in [-0.1, -0.05) is 0 Å². The van der Waals surface area contributed by atoms with Crippen LogP contribution in [0.4, 0.5) is 0 Å². The van der Waals surface area contributed by atoms with Crippen molar-refractivity contribution in [3.8, 4) is 0 Å². The highest BCUT2D eigenvalue weighted by molar-refractivity contribution is 7.72. The van der Waals surface area contributed by atoms with Crippen molar-refractivity contribution in [3.63, 3.8) is 0 Å². The molecule has 0 fully saturated rings. The molecule has 0 radical (unpaired) electrons. The van der Waals surface area contributed by atoms with Gasteiger partial charge in [0.25, 0.3) is 0 Å². The van der Waals surface area contributed by atoms with Crippen LogP contribution in [-0.4, -0.2) is 21.8 Å². The zero-order valence-corrected chi connectivity index (χ0v) is 4.03. The minimum atomic E-state index is -3.55. The molecule has 0 saturated carbocycles. The predicted octanol–water partition coefficient (Wildman–Crippen LogP) is -1.44. The molecule has 0 aliphatic carbocycles. The van der Waals surface area contributed by atoms with Crippen molar-refractivity contribution in [2.24, 2.45) is 5.73 Å². The van der Waals surface area contributed by atoms with Crippen LogP contribution in [0, 0.1) is 0 Å². The van der Waals surface area contributed by atoms with Gasteiger partial charge in [0.2, 0.25) is 0 Å². The molecule has 0 aliphatic heterocycles. The molecule has 38 valence electrons. The third-order valence-electron chi connectivity index (χ3n) is 0.285. The summed E-state index contributed by atoms with van der Waals surface area (Å²) in [5.74, 6) is -0.243. The highest BCUT2D eigenvalue weighted by Crippen LogP contribution is 1.54. The van der Waals surface area contributed by atoms with Crippen molar-refractivity contribution in [1.29, 1.82) is 1.12 Å². The molecule has 0 aromatic heterocycles. The summed E-state index contributed by atoms with van der Waals surface area (Å²) in [4.78, 5) is 0. The van der Waals surface area contributed by atoms with Crippen molar-refractivity contribution in [2.45, 2.75) is 0 Å². The van der Waals surface area contributed by atoms with Gasteiger partial charge in [0.05, 0.1) is 5.75 Å². The van der Waals surface area contributed by atoms with E-state index in [4.69, 9.17) is 6.86 Å². The predicted molar refractivity (Wildman–Crippen MR) is 24.2 cm³/mol. The molecule has 0 unspecified atom stereocenters. The molecule has 0 amide bonds. The van der Waals surface area contributed by atoms with Gasteiger partial charge >= 0.3 is 0 Å². The molecule has 4 heteroatoms. The van der Waals surface area contributed by atoms with Crippen LogP contribution >= 0.6 is 0 Å². The average Bonchev–Trinajstić information content (AvgIpc) is 1.30. The second-order valence-corrected chi connectivity index (χ2v) is 1.81. The van der Waals surface area contributed by atoms with Crippen LogP contribution in [-0.2, 0) is 10.6 Å². The largest absolute Gasteiger partial charge is 0.329 e. The summed E-state index contributed by atoms with van der Waals surface area (Å²) < 4.78 is 25.9. The monoisotopic (exact) mass is 110 g/mol. The second-order valence-electron chi connectivity index (χ2n) is 0.797. The second kappa shape index (κ2) is 3.11. The van der Waals surface area contributed by atoms with Crippen LogP contribution in [0.5, 0.6) is 0 Å². The molecule has 0 spiro atoms. The number of hydrogen-bond acceptors (Lipinski definition) is 3. The number of rotatable bonds is 2. The van der Waals surface area contributed by atoms with Crippen molar-refractivity contribution in [1.82, 2.24) is 0 Å². The third-order valence-corrected chi connectivity index (χ3v) is 0.854. The summed E-state index contributed by atoms with van der Waals surface area (Å²) in [6.45, 7) is 0.0336. The van der Waals surface area contributed by atoms with E-state index in [1.54, 1.807) is 0 Å². The summed E-state index contributed by atoms with van der Waals surface area (Å²) in [5.41, 5.74) is 4.82. The van der Waals surface area contributed by atoms with Crippen molar-refractivity contribution in [2.75, 3.05) is 12.3 Å². The standard InChI is InChI=1S/C2H7NO2S/c3-1-2-6(4)5/h6H,1-3H2/i6D. The highest BCUT2D eigenvalue weighted by atomic mass is 32.2.